The Hall–Kier alpha value is -2.31. The van der Waals surface area contributed by atoms with Crippen molar-refractivity contribution in [1.82, 2.24) is 15.2 Å². The van der Waals surface area contributed by atoms with Crippen LogP contribution in [0.3, 0.4) is 0 Å². The highest BCUT2D eigenvalue weighted by molar-refractivity contribution is 5.92. The van der Waals surface area contributed by atoms with Crippen LogP contribution in [0.25, 0.3) is 0 Å². The van der Waals surface area contributed by atoms with Crippen molar-refractivity contribution in [3.8, 4) is 5.75 Å². The van der Waals surface area contributed by atoms with Crippen molar-refractivity contribution in [2.75, 3.05) is 13.1 Å². The highest BCUT2D eigenvalue weighted by atomic mass is 17.2. The molecule has 1 saturated carbocycles. The second kappa shape index (κ2) is 5.99. The number of carbonyl (C=O) groups excluding carboxylic acids is 2. The summed E-state index contributed by atoms with van der Waals surface area (Å²) in [7, 11) is 0. The van der Waals surface area contributed by atoms with E-state index in [0.29, 0.717) is 18.8 Å². The Bertz CT molecular complexity index is 522. The maximum absolute atomic E-state index is 11.7. The fourth-order valence-electron chi connectivity index (χ4n) is 2.09. The number of nitrogens with one attached hydrogen (secondary N) is 1. The highest BCUT2D eigenvalue weighted by Gasteiger charge is 2.24. The van der Waals surface area contributed by atoms with E-state index in [0.717, 1.165) is 25.7 Å². The third-order valence-electron chi connectivity index (χ3n) is 3.45. The lowest BCUT2D eigenvalue weighted by atomic mass is 10.3. The topological polar surface area (TPSA) is 80.8 Å². The molecule has 112 valence electrons. The Labute approximate surface area is 122 Å². The lowest BCUT2D eigenvalue weighted by Gasteiger charge is -2.13. The van der Waals surface area contributed by atoms with E-state index in [2.05, 4.69) is 10.3 Å². The molecule has 0 spiro atoms. The Balaban J connectivity index is 1.49. The van der Waals surface area contributed by atoms with E-state index in [-0.39, 0.29) is 17.7 Å². The van der Waals surface area contributed by atoms with Gasteiger partial charge in [0.2, 0.25) is 0 Å². The Kier molecular flexibility index (Phi) is 3.89. The van der Waals surface area contributed by atoms with Gasteiger partial charge >= 0.3 is 6.09 Å². The number of hydrogen-bond donors (Lipinski definition) is 1. The molecule has 0 atom stereocenters. The summed E-state index contributed by atoms with van der Waals surface area (Å²) in [5.74, 6) is 0.0867. The third-order valence-corrected chi connectivity index (χ3v) is 3.45. The number of nitrogens with zero attached hydrogens (tertiary/aromatic N) is 2. The van der Waals surface area contributed by atoms with Crippen LogP contribution in [0.2, 0.25) is 0 Å². The van der Waals surface area contributed by atoms with Gasteiger partial charge in [0, 0.05) is 19.1 Å². The molecule has 0 bridgehead atoms. The summed E-state index contributed by atoms with van der Waals surface area (Å²) >= 11 is 0. The zero-order valence-corrected chi connectivity index (χ0v) is 11.6. The smallest absolute Gasteiger partial charge is 0.348 e. The van der Waals surface area contributed by atoms with Crippen LogP contribution in [0.15, 0.2) is 18.3 Å². The largest absolute Gasteiger partial charge is 0.452 e. The molecule has 2 heterocycles. The van der Waals surface area contributed by atoms with Crippen molar-refractivity contribution in [3.63, 3.8) is 0 Å². The molecule has 7 nitrogen and oxygen atoms in total. The summed E-state index contributed by atoms with van der Waals surface area (Å²) < 4.78 is 0. The third kappa shape index (κ3) is 3.62. The van der Waals surface area contributed by atoms with Crippen molar-refractivity contribution < 1.29 is 19.4 Å². The van der Waals surface area contributed by atoms with E-state index in [9.17, 15) is 9.59 Å². The average Bonchev–Trinajstić information content (AvgIpc) is 3.15. The van der Waals surface area contributed by atoms with Crippen molar-refractivity contribution in [2.24, 2.45) is 0 Å². The van der Waals surface area contributed by atoms with E-state index in [1.807, 2.05) is 0 Å². The normalized spacial score (nSPS) is 17.4. The maximum Gasteiger partial charge on any atom is 0.452 e. The molecule has 21 heavy (non-hydrogen) atoms. The standard InChI is InChI=1S/C14H17N3O4/c18-13(16-10-3-4-10)12-6-5-11(9-15-12)20-21-14(19)17-7-1-2-8-17/h5-6,9-10H,1-4,7-8H2,(H,16,18). The summed E-state index contributed by atoms with van der Waals surface area (Å²) in [6.07, 6.45) is 4.89. The quantitative estimate of drug-likeness (QED) is 0.671. The lowest BCUT2D eigenvalue weighted by molar-refractivity contribution is -0.153. The molecule has 1 N–H and O–H groups in total. The molecule has 1 aliphatic heterocycles. The minimum absolute atomic E-state index is 0.196. The fourth-order valence-corrected chi connectivity index (χ4v) is 2.09. The minimum Gasteiger partial charge on any atom is -0.348 e. The number of hydrogen-bond acceptors (Lipinski definition) is 5. The molecule has 0 unspecified atom stereocenters. The predicted octanol–water partition coefficient (Wildman–Crippen LogP) is 1.50. The Morgan fingerprint density at radius 2 is 2.00 bits per heavy atom. The maximum atomic E-state index is 11.7. The molecule has 1 aliphatic carbocycles. The van der Waals surface area contributed by atoms with E-state index < -0.39 is 6.09 Å². The molecule has 1 saturated heterocycles. The van der Waals surface area contributed by atoms with Crippen LogP contribution in [0, 0.1) is 0 Å². The summed E-state index contributed by atoms with van der Waals surface area (Å²) in [6.45, 7) is 1.39. The number of likely N-dealkylation sites (tertiary alicyclic amines) is 1. The van der Waals surface area contributed by atoms with Gasteiger partial charge in [-0.25, -0.2) is 14.7 Å². The second-order valence-corrected chi connectivity index (χ2v) is 5.25. The molecule has 3 rings (SSSR count). The van der Waals surface area contributed by atoms with Gasteiger partial charge in [-0.2, -0.15) is 0 Å². The number of carbonyl (C=O) groups is 2. The van der Waals surface area contributed by atoms with Crippen LogP contribution < -0.4 is 10.2 Å². The highest BCUT2D eigenvalue weighted by Crippen LogP contribution is 2.19. The molecular weight excluding hydrogens is 274 g/mol. The molecule has 2 amide bonds. The average molecular weight is 291 g/mol. The van der Waals surface area contributed by atoms with Crippen LogP contribution in [-0.4, -0.2) is 41.0 Å². The summed E-state index contributed by atoms with van der Waals surface area (Å²) in [4.78, 5) is 38.6. The molecule has 2 fully saturated rings. The minimum atomic E-state index is -0.497. The van der Waals surface area contributed by atoms with Crippen LogP contribution in [0.4, 0.5) is 4.79 Å². The van der Waals surface area contributed by atoms with Gasteiger partial charge in [0.15, 0.2) is 5.75 Å². The molecule has 7 heteroatoms. The van der Waals surface area contributed by atoms with Gasteiger partial charge in [0.05, 0.1) is 6.20 Å². The zero-order chi connectivity index (χ0) is 14.7. The number of aromatic nitrogens is 1. The van der Waals surface area contributed by atoms with E-state index >= 15 is 0 Å². The van der Waals surface area contributed by atoms with Crippen molar-refractivity contribution >= 4 is 12.0 Å². The number of amides is 2. The van der Waals surface area contributed by atoms with Crippen molar-refractivity contribution in [2.45, 2.75) is 31.7 Å². The number of pyridine rings is 1. The van der Waals surface area contributed by atoms with Gasteiger partial charge < -0.3 is 10.2 Å². The van der Waals surface area contributed by atoms with E-state index in [1.165, 1.54) is 12.3 Å². The Morgan fingerprint density at radius 1 is 1.24 bits per heavy atom. The molecule has 1 aromatic heterocycles. The van der Waals surface area contributed by atoms with Gasteiger partial charge in [0.25, 0.3) is 5.91 Å². The summed E-state index contributed by atoms with van der Waals surface area (Å²) in [5.41, 5.74) is 0.320. The lowest BCUT2D eigenvalue weighted by Crippen LogP contribution is -2.29. The first-order chi connectivity index (χ1) is 10.2. The molecule has 0 radical (unpaired) electrons. The van der Waals surface area contributed by atoms with Gasteiger partial charge in [-0.05, 0) is 37.8 Å². The van der Waals surface area contributed by atoms with E-state index in [1.54, 1.807) is 11.0 Å². The molecule has 0 aromatic carbocycles. The van der Waals surface area contributed by atoms with Gasteiger partial charge in [-0.3, -0.25) is 9.68 Å². The summed E-state index contributed by atoms with van der Waals surface area (Å²) in [5, 5.41) is 2.84. The fraction of sp³-hybridized carbons (Fsp3) is 0.500. The number of rotatable bonds is 4. The monoisotopic (exact) mass is 291 g/mol. The van der Waals surface area contributed by atoms with Gasteiger partial charge in [-0.1, -0.05) is 0 Å². The first kappa shape index (κ1) is 13.7. The van der Waals surface area contributed by atoms with E-state index in [4.69, 9.17) is 9.78 Å². The second-order valence-electron chi connectivity index (χ2n) is 5.25. The van der Waals surface area contributed by atoms with Crippen LogP contribution in [0.5, 0.6) is 5.75 Å². The first-order valence-electron chi connectivity index (χ1n) is 7.13. The molecular formula is C14H17N3O4. The molecule has 1 aromatic rings. The first-order valence-corrected chi connectivity index (χ1v) is 7.13. The van der Waals surface area contributed by atoms with Gasteiger partial charge in [0.1, 0.15) is 5.69 Å². The zero-order valence-electron chi connectivity index (χ0n) is 11.6. The van der Waals surface area contributed by atoms with Crippen LogP contribution >= 0.6 is 0 Å². The summed E-state index contributed by atoms with van der Waals surface area (Å²) in [6, 6.07) is 3.37. The van der Waals surface area contributed by atoms with Crippen molar-refractivity contribution in [3.05, 3.63) is 24.0 Å². The van der Waals surface area contributed by atoms with Crippen LogP contribution in [-0.2, 0) is 4.89 Å². The molecule has 2 aliphatic rings. The van der Waals surface area contributed by atoms with Crippen LogP contribution in [0.1, 0.15) is 36.2 Å². The van der Waals surface area contributed by atoms with Gasteiger partial charge in [-0.15, -0.1) is 0 Å². The predicted molar refractivity (Wildman–Crippen MR) is 72.6 cm³/mol. The van der Waals surface area contributed by atoms with Crippen molar-refractivity contribution in [1.29, 1.82) is 0 Å². The SMILES string of the molecule is O=C(NC1CC1)c1ccc(OOC(=O)N2CCCC2)cn1. The Morgan fingerprint density at radius 3 is 2.62 bits per heavy atom.